The van der Waals surface area contributed by atoms with Crippen molar-refractivity contribution >= 4 is 32.4 Å². The number of hydrogen-bond donors (Lipinski definition) is 1. The van der Waals surface area contributed by atoms with E-state index in [0.29, 0.717) is 17.5 Å². The fourth-order valence-corrected chi connectivity index (χ4v) is 6.44. The summed E-state index contributed by atoms with van der Waals surface area (Å²) in [5.41, 5.74) is 8.41. The SMILES string of the molecule is c1ccc(-c2nc(-c3ccccc3)nc(-c3cc(-c4ccc5[nH]ccc5c4)cc(-c4ccc5ccc6ccccc6c5c4)c3)n2)cc1. The summed E-state index contributed by atoms with van der Waals surface area (Å²) in [5, 5.41) is 6.11. The van der Waals surface area contributed by atoms with Crippen LogP contribution in [0.2, 0.25) is 0 Å². The molecule has 0 radical (unpaired) electrons. The Kier molecular flexibility index (Phi) is 6.43. The maximum atomic E-state index is 5.07. The smallest absolute Gasteiger partial charge is 0.164 e. The number of nitrogens with one attached hydrogen (secondary N) is 1. The van der Waals surface area contributed by atoms with Crippen LogP contribution in [-0.4, -0.2) is 19.9 Å². The van der Waals surface area contributed by atoms with Gasteiger partial charge in [-0.2, -0.15) is 0 Å². The van der Waals surface area contributed by atoms with E-state index in [1.807, 2.05) is 66.9 Å². The van der Waals surface area contributed by atoms with Crippen LogP contribution in [0.15, 0.2) is 164 Å². The molecule has 47 heavy (non-hydrogen) atoms. The van der Waals surface area contributed by atoms with Crippen molar-refractivity contribution in [2.45, 2.75) is 0 Å². The Morgan fingerprint density at radius 2 is 0.851 bits per heavy atom. The molecule has 0 spiro atoms. The van der Waals surface area contributed by atoms with Crippen LogP contribution in [-0.2, 0) is 0 Å². The Morgan fingerprint density at radius 1 is 0.319 bits per heavy atom. The summed E-state index contributed by atoms with van der Waals surface area (Å²) < 4.78 is 0. The molecule has 0 amide bonds. The van der Waals surface area contributed by atoms with E-state index < -0.39 is 0 Å². The van der Waals surface area contributed by atoms with E-state index in [-0.39, 0.29) is 0 Å². The van der Waals surface area contributed by atoms with Gasteiger partial charge in [-0.3, -0.25) is 0 Å². The zero-order chi connectivity index (χ0) is 31.2. The summed E-state index contributed by atoms with van der Waals surface area (Å²) >= 11 is 0. The second-order valence-corrected chi connectivity index (χ2v) is 11.8. The standard InChI is InChI=1S/C43H28N4/c1-3-10-30(11-4-1)41-45-42(31-12-5-2-6-13-31)47-43(46-41)37-25-35(32-19-20-40-34(23-32)21-22-44-40)24-36(26-37)33-18-17-29-16-15-28-9-7-8-14-38(28)39(29)27-33/h1-27,44H. The quantitative estimate of drug-likeness (QED) is 0.200. The van der Waals surface area contributed by atoms with E-state index in [0.717, 1.165) is 44.5 Å². The molecule has 2 aromatic heterocycles. The fraction of sp³-hybridized carbons (Fsp3) is 0. The molecule has 0 atom stereocenters. The fourth-order valence-electron chi connectivity index (χ4n) is 6.44. The van der Waals surface area contributed by atoms with Crippen molar-refractivity contribution in [2.75, 3.05) is 0 Å². The van der Waals surface area contributed by atoms with Crippen LogP contribution in [0.25, 0.3) is 88.9 Å². The van der Waals surface area contributed by atoms with Crippen molar-refractivity contribution in [1.29, 1.82) is 0 Å². The highest BCUT2D eigenvalue weighted by Crippen LogP contribution is 2.36. The first-order valence-corrected chi connectivity index (χ1v) is 15.8. The van der Waals surface area contributed by atoms with Crippen molar-refractivity contribution in [2.24, 2.45) is 0 Å². The van der Waals surface area contributed by atoms with E-state index in [9.17, 15) is 0 Å². The highest BCUT2D eigenvalue weighted by Gasteiger charge is 2.15. The Morgan fingerprint density at radius 3 is 1.55 bits per heavy atom. The maximum Gasteiger partial charge on any atom is 0.164 e. The zero-order valence-electron chi connectivity index (χ0n) is 25.4. The van der Waals surface area contributed by atoms with Crippen LogP contribution in [0.1, 0.15) is 0 Å². The summed E-state index contributed by atoms with van der Waals surface area (Å²) in [6, 6.07) is 55.3. The minimum Gasteiger partial charge on any atom is -0.361 e. The number of benzene rings is 7. The Balaban J connectivity index is 1.28. The summed E-state index contributed by atoms with van der Waals surface area (Å²) in [6.07, 6.45) is 1.98. The third-order valence-electron chi connectivity index (χ3n) is 8.86. The van der Waals surface area contributed by atoms with Gasteiger partial charge in [0.2, 0.25) is 0 Å². The van der Waals surface area contributed by atoms with Crippen LogP contribution in [0.4, 0.5) is 0 Å². The number of rotatable bonds is 5. The zero-order valence-corrected chi connectivity index (χ0v) is 25.4. The summed E-state index contributed by atoms with van der Waals surface area (Å²) in [5.74, 6) is 1.93. The summed E-state index contributed by atoms with van der Waals surface area (Å²) in [7, 11) is 0. The van der Waals surface area contributed by atoms with Crippen molar-refractivity contribution in [3.8, 4) is 56.4 Å². The van der Waals surface area contributed by atoms with E-state index in [4.69, 9.17) is 15.0 Å². The molecule has 9 rings (SSSR count). The number of fused-ring (bicyclic) bond motifs is 4. The minimum absolute atomic E-state index is 0.634. The molecule has 9 aromatic rings. The molecule has 0 fully saturated rings. The lowest BCUT2D eigenvalue weighted by molar-refractivity contribution is 1.07. The number of aromatic nitrogens is 4. The lowest BCUT2D eigenvalue weighted by Crippen LogP contribution is -2.00. The molecule has 1 N–H and O–H groups in total. The highest BCUT2D eigenvalue weighted by atomic mass is 15.0. The molecule has 2 heterocycles. The van der Waals surface area contributed by atoms with Crippen molar-refractivity contribution in [3.63, 3.8) is 0 Å². The van der Waals surface area contributed by atoms with Crippen molar-refractivity contribution < 1.29 is 0 Å². The molecular formula is C43H28N4. The van der Waals surface area contributed by atoms with Gasteiger partial charge in [-0.15, -0.1) is 0 Å². The van der Waals surface area contributed by atoms with E-state index in [1.165, 1.54) is 26.9 Å². The van der Waals surface area contributed by atoms with Crippen LogP contribution in [0.5, 0.6) is 0 Å². The van der Waals surface area contributed by atoms with Crippen LogP contribution >= 0.6 is 0 Å². The molecule has 0 unspecified atom stereocenters. The molecular weight excluding hydrogens is 573 g/mol. The second-order valence-electron chi connectivity index (χ2n) is 11.8. The molecule has 7 aromatic carbocycles. The highest BCUT2D eigenvalue weighted by molar-refractivity contribution is 6.08. The molecule has 220 valence electrons. The molecule has 0 aliphatic carbocycles. The Bertz CT molecular complexity index is 2510. The lowest BCUT2D eigenvalue weighted by Gasteiger charge is -2.13. The van der Waals surface area contributed by atoms with Crippen LogP contribution in [0.3, 0.4) is 0 Å². The number of H-pyrrole nitrogens is 1. The summed E-state index contributed by atoms with van der Waals surface area (Å²) in [4.78, 5) is 18.4. The van der Waals surface area contributed by atoms with Gasteiger partial charge >= 0.3 is 0 Å². The van der Waals surface area contributed by atoms with Crippen molar-refractivity contribution in [1.82, 2.24) is 19.9 Å². The van der Waals surface area contributed by atoms with E-state index in [1.54, 1.807) is 0 Å². The third kappa shape index (κ3) is 5.02. The van der Waals surface area contributed by atoms with E-state index in [2.05, 4.69) is 102 Å². The van der Waals surface area contributed by atoms with Gasteiger partial charge in [0, 0.05) is 28.4 Å². The molecule has 0 bridgehead atoms. The molecule has 0 aliphatic rings. The molecule has 4 heteroatoms. The van der Waals surface area contributed by atoms with Gasteiger partial charge in [0.05, 0.1) is 0 Å². The average molecular weight is 601 g/mol. The first-order chi connectivity index (χ1) is 23.2. The first-order valence-electron chi connectivity index (χ1n) is 15.8. The number of aromatic amines is 1. The van der Waals surface area contributed by atoms with Gasteiger partial charge in [0.25, 0.3) is 0 Å². The monoisotopic (exact) mass is 600 g/mol. The molecule has 0 saturated carbocycles. The van der Waals surface area contributed by atoms with Gasteiger partial charge < -0.3 is 4.98 Å². The van der Waals surface area contributed by atoms with Crippen LogP contribution in [0, 0.1) is 0 Å². The summed E-state index contributed by atoms with van der Waals surface area (Å²) in [6.45, 7) is 0. The Hall–Kier alpha value is -6.39. The molecule has 4 nitrogen and oxygen atoms in total. The minimum atomic E-state index is 0.634. The van der Waals surface area contributed by atoms with Gasteiger partial charge in [0.1, 0.15) is 0 Å². The Labute approximate surface area is 272 Å². The van der Waals surface area contributed by atoms with Crippen LogP contribution < -0.4 is 0 Å². The molecule has 0 saturated heterocycles. The lowest BCUT2D eigenvalue weighted by atomic mass is 9.93. The van der Waals surface area contributed by atoms with Gasteiger partial charge in [-0.1, -0.05) is 115 Å². The van der Waals surface area contributed by atoms with Gasteiger partial charge in [-0.05, 0) is 91.6 Å². The van der Waals surface area contributed by atoms with Gasteiger partial charge in [-0.25, -0.2) is 15.0 Å². The van der Waals surface area contributed by atoms with E-state index >= 15 is 0 Å². The third-order valence-corrected chi connectivity index (χ3v) is 8.86. The predicted octanol–water partition coefficient (Wildman–Crippen LogP) is 11.0. The first kappa shape index (κ1) is 27.0. The number of hydrogen-bond acceptors (Lipinski definition) is 3. The predicted molar refractivity (Wildman–Crippen MR) is 194 cm³/mol. The largest absolute Gasteiger partial charge is 0.361 e. The maximum absolute atomic E-state index is 5.07. The number of nitrogens with zero attached hydrogens (tertiary/aromatic N) is 3. The van der Waals surface area contributed by atoms with Crippen molar-refractivity contribution in [3.05, 3.63) is 164 Å². The van der Waals surface area contributed by atoms with Gasteiger partial charge in [0.15, 0.2) is 17.5 Å². The molecule has 0 aliphatic heterocycles. The topological polar surface area (TPSA) is 54.5 Å². The normalized spacial score (nSPS) is 11.4. The second kappa shape index (κ2) is 11.2. The average Bonchev–Trinajstić information content (AvgIpc) is 3.63.